The second-order valence-corrected chi connectivity index (χ2v) is 4.65. The van der Waals surface area contributed by atoms with E-state index in [2.05, 4.69) is 16.5 Å². The second-order valence-electron chi connectivity index (χ2n) is 4.65. The van der Waals surface area contributed by atoms with Crippen molar-refractivity contribution < 1.29 is 4.52 Å². The van der Waals surface area contributed by atoms with Crippen molar-refractivity contribution in [3.8, 4) is 0 Å². The predicted octanol–water partition coefficient (Wildman–Crippen LogP) is 2.00. The van der Waals surface area contributed by atoms with Gasteiger partial charge in [-0.3, -0.25) is 0 Å². The van der Waals surface area contributed by atoms with Gasteiger partial charge in [-0.25, -0.2) is 0 Å². The lowest BCUT2D eigenvalue weighted by atomic mass is 9.82. The SMILES string of the molecule is Cc1cc(C2=C[C@H]3CNC[C@H]3CC2)on1. The summed E-state index contributed by atoms with van der Waals surface area (Å²) in [5, 5.41) is 7.40. The van der Waals surface area contributed by atoms with Crippen LogP contribution in [-0.2, 0) is 0 Å². The zero-order valence-electron chi connectivity index (χ0n) is 8.99. The van der Waals surface area contributed by atoms with Gasteiger partial charge in [0.15, 0.2) is 5.76 Å². The molecule has 1 fully saturated rings. The molecule has 0 bridgehead atoms. The van der Waals surface area contributed by atoms with Gasteiger partial charge in [0, 0.05) is 12.6 Å². The minimum atomic E-state index is 0.708. The van der Waals surface area contributed by atoms with Gasteiger partial charge in [0.25, 0.3) is 0 Å². The third kappa shape index (κ3) is 1.61. The highest BCUT2D eigenvalue weighted by molar-refractivity contribution is 5.62. The Balaban J connectivity index is 1.88. The molecule has 1 saturated heterocycles. The number of rotatable bonds is 1. The van der Waals surface area contributed by atoms with Crippen LogP contribution >= 0.6 is 0 Å². The number of nitrogens with zero attached hydrogens (tertiary/aromatic N) is 1. The molecule has 0 amide bonds. The number of hydrogen-bond donors (Lipinski definition) is 1. The molecule has 0 radical (unpaired) electrons. The Morgan fingerprint density at radius 2 is 2.40 bits per heavy atom. The highest BCUT2D eigenvalue weighted by Crippen LogP contribution is 2.35. The monoisotopic (exact) mass is 204 g/mol. The number of fused-ring (bicyclic) bond motifs is 1. The fourth-order valence-corrected chi connectivity index (χ4v) is 2.67. The zero-order chi connectivity index (χ0) is 10.3. The van der Waals surface area contributed by atoms with Crippen molar-refractivity contribution >= 4 is 5.57 Å². The van der Waals surface area contributed by atoms with Crippen LogP contribution < -0.4 is 5.32 Å². The fourth-order valence-electron chi connectivity index (χ4n) is 2.67. The van der Waals surface area contributed by atoms with Crippen molar-refractivity contribution in [2.45, 2.75) is 19.8 Å². The van der Waals surface area contributed by atoms with E-state index in [1.54, 1.807) is 0 Å². The van der Waals surface area contributed by atoms with E-state index in [4.69, 9.17) is 4.52 Å². The van der Waals surface area contributed by atoms with E-state index in [1.165, 1.54) is 18.5 Å². The molecule has 3 rings (SSSR count). The minimum absolute atomic E-state index is 0.708. The summed E-state index contributed by atoms with van der Waals surface area (Å²) in [6.45, 7) is 4.28. The first-order valence-electron chi connectivity index (χ1n) is 5.68. The van der Waals surface area contributed by atoms with E-state index in [0.717, 1.165) is 30.3 Å². The molecular weight excluding hydrogens is 188 g/mol. The van der Waals surface area contributed by atoms with E-state index in [9.17, 15) is 0 Å². The highest BCUT2D eigenvalue weighted by atomic mass is 16.5. The Hall–Kier alpha value is -1.09. The van der Waals surface area contributed by atoms with E-state index >= 15 is 0 Å². The van der Waals surface area contributed by atoms with Gasteiger partial charge in [-0.2, -0.15) is 0 Å². The molecule has 1 aromatic rings. The third-order valence-corrected chi connectivity index (χ3v) is 3.54. The number of aromatic nitrogens is 1. The summed E-state index contributed by atoms with van der Waals surface area (Å²) in [4.78, 5) is 0. The molecule has 1 aromatic heterocycles. The van der Waals surface area contributed by atoms with Crippen molar-refractivity contribution in [3.63, 3.8) is 0 Å². The van der Waals surface area contributed by atoms with Gasteiger partial charge in [0.1, 0.15) is 0 Å². The Morgan fingerprint density at radius 1 is 1.47 bits per heavy atom. The van der Waals surface area contributed by atoms with Crippen LogP contribution in [0.5, 0.6) is 0 Å². The first-order valence-corrected chi connectivity index (χ1v) is 5.68. The summed E-state index contributed by atoms with van der Waals surface area (Å²) < 4.78 is 5.31. The third-order valence-electron chi connectivity index (χ3n) is 3.54. The van der Waals surface area contributed by atoms with Gasteiger partial charge >= 0.3 is 0 Å². The van der Waals surface area contributed by atoms with Crippen LogP contribution in [-0.4, -0.2) is 18.2 Å². The smallest absolute Gasteiger partial charge is 0.162 e. The van der Waals surface area contributed by atoms with Gasteiger partial charge in [-0.1, -0.05) is 11.2 Å². The van der Waals surface area contributed by atoms with Gasteiger partial charge in [-0.15, -0.1) is 0 Å². The standard InChI is InChI=1S/C12H16N2O/c1-8-4-12(15-14-8)9-2-3-10-6-13-7-11(10)5-9/h4-5,10-11,13H,2-3,6-7H2,1H3/t10-,11+/m1/s1. The van der Waals surface area contributed by atoms with Crippen LogP contribution in [0.15, 0.2) is 16.7 Å². The molecule has 0 unspecified atom stereocenters. The van der Waals surface area contributed by atoms with Crippen LogP contribution in [0.4, 0.5) is 0 Å². The van der Waals surface area contributed by atoms with E-state index in [1.807, 2.05) is 13.0 Å². The lowest BCUT2D eigenvalue weighted by Gasteiger charge is -2.21. The van der Waals surface area contributed by atoms with Crippen molar-refractivity contribution in [3.05, 3.63) is 23.6 Å². The Labute approximate surface area is 89.5 Å². The summed E-state index contributed by atoms with van der Waals surface area (Å²) in [5.74, 6) is 2.52. The number of hydrogen-bond acceptors (Lipinski definition) is 3. The van der Waals surface area contributed by atoms with Crippen LogP contribution in [0.2, 0.25) is 0 Å². The molecule has 1 N–H and O–H groups in total. The number of aryl methyl sites for hydroxylation is 1. The molecule has 1 aliphatic carbocycles. The fraction of sp³-hybridized carbons (Fsp3) is 0.583. The molecule has 2 heterocycles. The van der Waals surface area contributed by atoms with Crippen LogP contribution in [0.1, 0.15) is 24.3 Å². The lowest BCUT2D eigenvalue weighted by molar-refractivity contribution is 0.394. The van der Waals surface area contributed by atoms with Crippen molar-refractivity contribution in [2.24, 2.45) is 11.8 Å². The molecule has 0 spiro atoms. The maximum absolute atomic E-state index is 5.31. The van der Waals surface area contributed by atoms with E-state index in [-0.39, 0.29) is 0 Å². The quantitative estimate of drug-likeness (QED) is 0.760. The summed E-state index contributed by atoms with van der Waals surface area (Å²) in [6.07, 6.45) is 4.80. The van der Waals surface area contributed by atoms with Gasteiger partial charge in [-0.05, 0) is 43.7 Å². The van der Waals surface area contributed by atoms with Crippen LogP contribution in [0.25, 0.3) is 5.57 Å². The second kappa shape index (κ2) is 3.49. The molecule has 15 heavy (non-hydrogen) atoms. The largest absolute Gasteiger partial charge is 0.356 e. The molecule has 0 saturated carbocycles. The van der Waals surface area contributed by atoms with Crippen LogP contribution in [0.3, 0.4) is 0 Å². The number of allylic oxidation sites excluding steroid dienone is 1. The summed E-state index contributed by atoms with van der Waals surface area (Å²) in [7, 11) is 0. The Bertz CT molecular complexity index is 394. The maximum Gasteiger partial charge on any atom is 0.162 e. The average Bonchev–Trinajstić information content (AvgIpc) is 2.84. The highest BCUT2D eigenvalue weighted by Gasteiger charge is 2.29. The van der Waals surface area contributed by atoms with Crippen LogP contribution in [0, 0.1) is 18.8 Å². The van der Waals surface area contributed by atoms with Gasteiger partial charge < -0.3 is 9.84 Å². The molecule has 3 nitrogen and oxygen atoms in total. The molecule has 3 heteroatoms. The Kier molecular flexibility index (Phi) is 2.13. The van der Waals surface area contributed by atoms with E-state index < -0.39 is 0 Å². The predicted molar refractivity (Wildman–Crippen MR) is 58.3 cm³/mol. The molecule has 1 aliphatic heterocycles. The molecule has 2 aliphatic rings. The Morgan fingerprint density at radius 3 is 3.20 bits per heavy atom. The van der Waals surface area contributed by atoms with Crippen molar-refractivity contribution in [2.75, 3.05) is 13.1 Å². The summed E-state index contributed by atoms with van der Waals surface area (Å²) >= 11 is 0. The topological polar surface area (TPSA) is 38.1 Å². The van der Waals surface area contributed by atoms with E-state index in [0.29, 0.717) is 5.92 Å². The zero-order valence-corrected chi connectivity index (χ0v) is 8.99. The van der Waals surface area contributed by atoms with Gasteiger partial charge in [0.05, 0.1) is 5.69 Å². The maximum atomic E-state index is 5.31. The molecular formula is C12H16N2O. The normalized spacial score (nSPS) is 30.1. The summed E-state index contributed by atoms with van der Waals surface area (Å²) in [5.41, 5.74) is 2.32. The first kappa shape index (κ1) is 9.16. The van der Waals surface area contributed by atoms with Crippen molar-refractivity contribution in [1.29, 1.82) is 0 Å². The molecule has 80 valence electrons. The summed E-state index contributed by atoms with van der Waals surface area (Å²) in [6, 6.07) is 2.04. The minimum Gasteiger partial charge on any atom is -0.356 e. The molecule has 0 aromatic carbocycles. The van der Waals surface area contributed by atoms with Crippen molar-refractivity contribution in [1.82, 2.24) is 10.5 Å². The van der Waals surface area contributed by atoms with Gasteiger partial charge in [0.2, 0.25) is 0 Å². The lowest BCUT2D eigenvalue weighted by Crippen LogP contribution is -2.14. The molecule has 2 atom stereocenters. The number of nitrogens with one attached hydrogen (secondary N) is 1. The average molecular weight is 204 g/mol. The first-order chi connectivity index (χ1) is 7.33.